The summed E-state index contributed by atoms with van der Waals surface area (Å²) in [5.41, 5.74) is 1.29. The number of ketones is 1. The van der Waals surface area contributed by atoms with E-state index in [-0.39, 0.29) is 6.42 Å². The molecule has 1 aromatic rings. The van der Waals surface area contributed by atoms with E-state index < -0.39 is 11.8 Å². The molecule has 1 aromatic carbocycles. The molecule has 0 saturated heterocycles. The molecule has 4 heteroatoms. The Bertz CT molecular complexity index is 440. The maximum Gasteiger partial charge on any atom is 0.374 e. The molecule has 0 radical (unpaired) electrons. The topological polar surface area (TPSA) is 43.4 Å². The molecule has 1 rings (SSSR count). The largest absolute Gasteiger partial charge is 0.460 e. The van der Waals surface area contributed by atoms with Crippen molar-refractivity contribution in [2.75, 3.05) is 27.2 Å². The summed E-state index contributed by atoms with van der Waals surface area (Å²) in [6.07, 6.45) is 0.955. The molecule has 0 N–H and O–H groups in total. The Balaban J connectivity index is 2.30. The van der Waals surface area contributed by atoms with E-state index in [1.807, 2.05) is 18.2 Å². The highest BCUT2D eigenvalue weighted by Crippen LogP contribution is 2.09. The molecule has 0 aliphatic rings. The van der Waals surface area contributed by atoms with Crippen LogP contribution in [0.1, 0.15) is 25.3 Å². The third-order valence-electron chi connectivity index (χ3n) is 3.14. The summed E-state index contributed by atoms with van der Waals surface area (Å²) < 4.78 is 5.76. The summed E-state index contributed by atoms with van der Waals surface area (Å²) in [7, 11) is 4.29. The number of hydrogen-bond donors (Lipinski definition) is 0. The van der Waals surface area contributed by atoms with E-state index in [0.717, 1.165) is 24.0 Å². The lowest BCUT2D eigenvalue weighted by atomic mass is 10.2. The van der Waals surface area contributed by atoms with Crippen molar-refractivity contribution in [1.82, 2.24) is 0 Å². The monoisotopic (exact) mass is 278 g/mol. The highest BCUT2D eigenvalue weighted by atomic mass is 16.5. The van der Waals surface area contributed by atoms with Crippen molar-refractivity contribution < 1.29 is 18.8 Å². The fourth-order valence-corrected chi connectivity index (χ4v) is 2.04. The average molecular weight is 278 g/mol. The maximum absolute atomic E-state index is 11.2. The second-order valence-electron chi connectivity index (χ2n) is 5.57. The van der Waals surface area contributed by atoms with E-state index in [9.17, 15) is 9.59 Å². The molecule has 0 bridgehead atoms. The van der Waals surface area contributed by atoms with E-state index >= 15 is 0 Å². The summed E-state index contributed by atoms with van der Waals surface area (Å²) in [5, 5.41) is 0. The number of ether oxygens (including phenoxy) is 1. The molecule has 0 unspecified atom stereocenters. The van der Waals surface area contributed by atoms with Crippen molar-refractivity contribution in [2.45, 2.75) is 26.3 Å². The van der Waals surface area contributed by atoms with Crippen LogP contribution in [0.15, 0.2) is 30.3 Å². The van der Waals surface area contributed by atoms with Crippen molar-refractivity contribution in [3.8, 4) is 0 Å². The Morgan fingerprint density at radius 1 is 1.15 bits per heavy atom. The van der Waals surface area contributed by atoms with Crippen molar-refractivity contribution >= 4 is 11.8 Å². The van der Waals surface area contributed by atoms with Gasteiger partial charge < -0.3 is 9.22 Å². The second kappa shape index (κ2) is 7.80. The van der Waals surface area contributed by atoms with Crippen LogP contribution in [0, 0.1) is 0 Å². The minimum absolute atomic E-state index is 0.203. The molecule has 0 aliphatic heterocycles. The Morgan fingerprint density at radius 2 is 1.80 bits per heavy atom. The molecule has 0 fully saturated rings. The van der Waals surface area contributed by atoms with Crippen molar-refractivity contribution in [3.05, 3.63) is 35.9 Å². The first-order valence-corrected chi connectivity index (χ1v) is 7.00. The minimum Gasteiger partial charge on any atom is -0.460 e. The summed E-state index contributed by atoms with van der Waals surface area (Å²) in [4.78, 5) is 22.3. The molecular formula is C16H24NO3+. The van der Waals surface area contributed by atoms with Gasteiger partial charge in [-0.05, 0) is 0 Å². The van der Waals surface area contributed by atoms with E-state index in [2.05, 4.69) is 26.2 Å². The predicted octanol–water partition coefficient (Wildman–Crippen LogP) is 2.18. The van der Waals surface area contributed by atoms with Gasteiger partial charge in [-0.3, -0.25) is 4.79 Å². The summed E-state index contributed by atoms with van der Waals surface area (Å²) in [6.45, 7) is 3.79. The van der Waals surface area contributed by atoms with Gasteiger partial charge in [0.2, 0.25) is 5.78 Å². The van der Waals surface area contributed by atoms with Crippen LogP contribution in [0.25, 0.3) is 0 Å². The fourth-order valence-electron chi connectivity index (χ4n) is 2.04. The van der Waals surface area contributed by atoms with Crippen LogP contribution in [0.3, 0.4) is 0 Å². The molecule has 0 aromatic heterocycles. The average Bonchev–Trinajstić information content (AvgIpc) is 2.43. The second-order valence-corrected chi connectivity index (χ2v) is 5.57. The van der Waals surface area contributed by atoms with Crippen LogP contribution in [-0.4, -0.2) is 43.5 Å². The van der Waals surface area contributed by atoms with Crippen LogP contribution in [0.5, 0.6) is 0 Å². The molecule has 20 heavy (non-hydrogen) atoms. The van der Waals surface area contributed by atoms with Gasteiger partial charge in [-0.15, -0.1) is 0 Å². The fraction of sp³-hybridized carbons (Fsp3) is 0.500. The van der Waals surface area contributed by atoms with Crippen molar-refractivity contribution in [1.29, 1.82) is 0 Å². The van der Waals surface area contributed by atoms with Crippen molar-refractivity contribution in [3.63, 3.8) is 0 Å². The van der Waals surface area contributed by atoms with Gasteiger partial charge in [-0.25, -0.2) is 4.79 Å². The predicted molar refractivity (Wildman–Crippen MR) is 78.0 cm³/mol. The number of benzene rings is 1. The van der Waals surface area contributed by atoms with E-state index in [1.54, 1.807) is 6.92 Å². The van der Waals surface area contributed by atoms with Gasteiger partial charge in [-0.2, -0.15) is 0 Å². The van der Waals surface area contributed by atoms with E-state index in [0.29, 0.717) is 6.61 Å². The van der Waals surface area contributed by atoms with Crippen LogP contribution < -0.4 is 0 Å². The van der Waals surface area contributed by atoms with Crippen LogP contribution in [0.4, 0.5) is 0 Å². The van der Waals surface area contributed by atoms with Gasteiger partial charge >= 0.3 is 5.97 Å². The molecule has 0 saturated carbocycles. The smallest absolute Gasteiger partial charge is 0.374 e. The van der Waals surface area contributed by atoms with Crippen LogP contribution in [-0.2, 0) is 20.9 Å². The molecule has 0 heterocycles. The third kappa shape index (κ3) is 5.97. The Kier molecular flexibility index (Phi) is 6.39. The number of carbonyl (C=O) groups excluding carboxylic acids is 2. The Morgan fingerprint density at radius 3 is 2.40 bits per heavy atom. The number of nitrogens with zero attached hydrogens (tertiary/aromatic N) is 1. The Labute approximate surface area is 120 Å². The Hall–Kier alpha value is -1.68. The summed E-state index contributed by atoms with van der Waals surface area (Å²) in [5.74, 6) is -1.16. The molecule has 4 nitrogen and oxygen atoms in total. The standard InChI is InChI=1S/C16H24NO3/c1-4-15(18)16(19)20-12-8-11-17(2,3)13-14-9-6-5-7-10-14/h5-7,9-10H,4,8,11-13H2,1-3H3/q+1. The number of quaternary nitrogens is 1. The van der Waals surface area contributed by atoms with Gasteiger partial charge in [0.25, 0.3) is 0 Å². The van der Waals surface area contributed by atoms with Crippen LogP contribution in [0.2, 0.25) is 0 Å². The van der Waals surface area contributed by atoms with Crippen LogP contribution >= 0.6 is 0 Å². The lowest BCUT2D eigenvalue weighted by Gasteiger charge is -2.29. The van der Waals surface area contributed by atoms with Gasteiger partial charge in [-0.1, -0.05) is 37.3 Å². The first-order chi connectivity index (χ1) is 9.44. The van der Waals surface area contributed by atoms with Gasteiger partial charge in [0.05, 0.1) is 27.2 Å². The number of esters is 1. The van der Waals surface area contributed by atoms with E-state index in [1.165, 1.54) is 5.56 Å². The third-order valence-corrected chi connectivity index (χ3v) is 3.14. The molecule has 110 valence electrons. The summed E-state index contributed by atoms with van der Waals surface area (Å²) >= 11 is 0. The molecule has 0 spiro atoms. The lowest BCUT2D eigenvalue weighted by Crippen LogP contribution is -2.40. The lowest BCUT2D eigenvalue weighted by molar-refractivity contribution is -0.903. The molecule has 0 atom stereocenters. The molecular weight excluding hydrogens is 254 g/mol. The van der Waals surface area contributed by atoms with E-state index in [4.69, 9.17) is 4.74 Å². The SMILES string of the molecule is CCC(=O)C(=O)OCCC[N+](C)(C)Cc1ccccc1. The van der Waals surface area contributed by atoms with Gasteiger partial charge in [0.1, 0.15) is 6.54 Å². The zero-order chi connectivity index (χ0) is 15.0. The highest BCUT2D eigenvalue weighted by molar-refractivity contribution is 6.33. The van der Waals surface area contributed by atoms with Crippen molar-refractivity contribution in [2.24, 2.45) is 0 Å². The summed E-state index contributed by atoms with van der Waals surface area (Å²) in [6, 6.07) is 10.3. The maximum atomic E-state index is 11.2. The zero-order valence-corrected chi connectivity index (χ0v) is 12.6. The quantitative estimate of drug-likeness (QED) is 0.317. The number of carbonyl (C=O) groups is 2. The molecule has 0 aliphatic carbocycles. The number of rotatable bonds is 8. The minimum atomic E-state index is -0.708. The highest BCUT2D eigenvalue weighted by Gasteiger charge is 2.17. The number of hydrogen-bond acceptors (Lipinski definition) is 3. The van der Waals surface area contributed by atoms with Gasteiger partial charge in [0.15, 0.2) is 0 Å². The van der Waals surface area contributed by atoms with Gasteiger partial charge in [0, 0.05) is 18.4 Å². The first kappa shape index (κ1) is 16.4. The zero-order valence-electron chi connectivity index (χ0n) is 12.6. The normalized spacial score (nSPS) is 11.2. The first-order valence-electron chi connectivity index (χ1n) is 7.00. The number of Topliss-reactive ketones (excluding diaryl/α,β-unsaturated/α-hetero) is 1. The molecule has 0 amide bonds.